The summed E-state index contributed by atoms with van der Waals surface area (Å²) in [5.41, 5.74) is 5.15. The predicted octanol–water partition coefficient (Wildman–Crippen LogP) is 3.73. The van der Waals surface area contributed by atoms with Crippen molar-refractivity contribution >= 4 is 16.5 Å². The van der Waals surface area contributed by atoms with E-state index >= 15 is 0 Å². The largest absolute Gasteiger partial charge is 0.480 e. The van der Waals surface area contributed by atoms with Gasteiger partial charge in [-0.3, -0.25) is 10.1 Å². The predicted molar refractivity (Wildman–Crippen MR) is 84.4 cm³/mol. The fraction of sp³-hybridized carbons (Fsp3) is 0.176. The molecule has 106 valence electrons. The molecule has 1 aromatic carbocycles. The molecule has 0 aliphatic carbocycles. The molecule has 1 N–H and O–H groups in total. The summed E-state index contributed by atoms with van der Waals surface area (Å²) < 4.78 is 5.23. The van der Waals surface area contributed by atoms with E-state index in [2.05, 4.69) is 33.4 Å². The fourth-order valence-corrected chi connectivity index (χ4v) is 2.47. The molecule has 4 nitrogen and oxygen atoms in total. The van der Waals surface area contributed by atoms with E-state index in [1.54, 1.807) is 7.11 Å². The number of methoxy groups -OCH3 is 1. The fourth-order valence-electron chi connectivity index (χ4n) is 2.47. The summed E-state index contributed by atoms with van der Waals surface area (Å²) in [7, 11) is 1.62. The van der Waals surface area contributed by atoms with Gasteiger partial charge in [-0.05, 0) is 43.7 Å². The second kappa shape index (κ2) is 5.40. The Morgan fingerprint density at radius 1 is 1.24 bits per heavy atom. The lowest BCUT2D eigenvalue weighted by Crippen LogP contribution is -1.93. The third-order valence-corrected chi connectivity index (χ3v) is 3.49. The summed E-state index contributed by atoms with van der Waals surface area (Å²) in [6, 6.07) is 12.2. The van der Waals surface area contributed by atoms with Crippen LogP contribution in [0.3, 0.4) is 0 Å². The highest BCUT2D eigenvalue weighted by Gasteiger charge is 2.10. The molecule has 0 amide bonds. The zero-order chi connectivity index (χ0) is 14.8. The molecule has 0 aliphatic rings. The van der Waals surface area contributed by atoms with E-state index in [-0.39, 0.29) is 0 Å². The van der Waals surface area contributed by atoms with Crippen LogP contribution in [0.5, 0.6) is 5.88 Å². The van der Waals surface area contributed by atoms with Gasteiger partial charge in [-0.1, -0.05) is 18.2 Å². The van der Waals surface area contributed by atoms with Gasteiger partial charge in [-0.2, -0.15) is 0 Å². The Hall–Kier alpha value is -2.62. The van der Waals surface area contributed by atoms with Gasteiger partial charge in [-0.25, -0.2) is 0 Å². The molecule has 3 aromatic rings. The van der Waals surface area contributed by atoms with Crippen LogP contribution in [-0.2, 0) is 0 Å². The van der Waals surface area contributed by atoms with Crippen molar-refractivity contribution in [3.63, 3.8) is 0 Å². The van der Waals surface area contributed by atoms with Gasteiger partial charge in [0.15, 0.2) is 0 Å². The average Bonchev–Trinajstić information content (AvgIpc) is 2.90. The number of aryl methyl sites for hydroxylation is 1. The van der Waals surface area contributed by atoms with Crippen LogP contribution in [0.2, 0.25) is 0 Å². The van der Waals surface area contributed by atoms with Crippen LogP contribution < -0.4 is 4.74 Å². The lowest BCUT2D eigenvalue weighted by atomic mass is 10.0. The standard InChI is InChI=1S/C17H17N3O/c1-4-13(15-7-5-6-11(2)18-15)12-8-9-14-16(10-12)19-20-17(14)21-3/h4-10H,1-3H3,(H,19,20)/b13-4-. The maximum atomic E-state index is 5.23. The molecule has 4 heteroatoms. The number of fused-ring (bicyclic) bond motifs is 1. The number of H-pyrrole nitrogens is 1. The maximum absolute atomic E-state index is 5.23. The van der Waals surface area contributed by atoms with Gasteiger partial charge in [0.05, 0.1) is 23.7 Å². The Labute approximate surface area is 123 Å². The molecule has 0 aliphatic heterocycles. The van der Waals surface area contributed by atoms with Crippen molar-refractivity contribution in [2.24, 2.45) is 0 Å². The number of aromatic amines is 1. The number of hydrogen-bond donors (Lipinski definition) is 1. The minimum absolute atomic E-state index is 0.618. The summed E-state index contributed by atoms with van der Waals surface area (Å²) in [5, 5.41) is 8.12. The number of nitrogens with one attached hydrogen (secondary N) is 1. The van der Waals surface area contributed by atoms with Crippen LogP contribution >= 0.6 is 0 Å². The van der Waals surface area contributed by atoms with Crippen LogP contribution in [0, 0.1) is 6.92 Å². The smallest absolute Gasteiger partial charge is 0.240 e. The molecule has 21 heavy (non-hydrogen) atoms. The molecule has 0 radical (unpaired) electrons. The SMILES string of the molecule is C/C=C(/c1ccc2c(OC)n[nH]c2c1)c1cccc(C)n1. The summed E-state index contributed by atoms with van der Waals surface area (Å²) in [5.74, 6) is 0.618. The molecule has 0 bridgehead atoms. The molecule has 0 fully saturated rings. The van der Waals surface area contributed by atoms with Crippen LogP contribution in [0.25, 0.3) is 16.5 Å². The van der Waals surface area contributed by atoms with E-state index in [0.29, 0.717) is 5.88 Å². The molecule has 0 spiro atoms. The van der Waals surface area contributed by atoms with Crippen molar-refractivity contribution in [2.75, 3.05) is 7.11 Å². The Kier molecular flexibility index (Phi) is 3.44. The van der Waals surface area contributed by atoms with Crippen molar-refractivity contribution in [2.45, 2.75) is 13.8 Å². The molecule has 0 atom stereocenters. The van der Waals surface area contributed by atoms with Gasteiger partial charge >= 0.3 is 0 Å². The molecule has 0 saturated heterocycles. The van der Waals surface area contributed by atoms with Crippen LogP contribution in [0.1, 0.15) is 23.9 Å². The van der Waals surface area contributed by atoms with Crippen LogP contribution in [0.4, 0.5) is 0 Å². The highest BCUT2D eigenvalue weighted by molar-refractivity contribution is 5.89. The van der Waals surface area contributed by atoms with E-state index in [1.165, 1.54) is 0 Å². The van der Waals surface area contributed by atoms with Crippen molar-refractivity contribution in [1.82, 2.24) is 15.2 Å². The van der Waals surface area contributed by atoms with Gasteiger partial charge in [0.25, 0.3) is 0 Å². The number of nitrogens with zero attached hydrogens (tertiary/aromatic N) is 2. The van der Waals surface area contributed by atoms with Crippen LogP contribution in [-0.4, -0.2) is 22.3 Å². The van der Waals surface area contributed by atoms with Crippen molar-refractivity contribution in [3.05, 3.63) is 59.4 Å². The monoisotopic (exact) mass is 279 g/mol. The summed E-state index contributed by atoms with van der Waals surface area (Å²) in [6.07, 6.45) is 2.08. The topological polar surface area (TPSA) is 50.8 Å². The third kappa shape index (κ3) is 2.40. The van der Waals surface area contributed by atoms with Crippen molar-refractivity contribution in [1.29, 1.82) is 0 Å². The van der Waals surface area contributed by atoms with E-state index < -0.39 is 0 Å². The summed E-state index contributed by atoms with van der Waals surface area (Å²) in [6.45, 7) is 4.02. The number of allylic oxidation sites excluding steroid dienone is 1. The Morgan fingerprint density at radius 3 is 2.81 bits per heavy atom. The lowest BCUT2D eigenvalue weighted by Gasteiger charge is -2.08. The first-order valence-electron chi connectivity index (χ1n) is 6.85. The molecule has 2 heterocycles. The van der Waals surface area contributed by atoms with E-state index in [1.807, 2.05) is 38.1 Å². The molecular weight excluding hydrogens is 262 g/mol. The van der Waals surface area contributed by atoms with Gasteiger partial charge in [0.1, 0.15) is 0 Å². The Balaban J connectivity index is 2.09. The molecular formula is C17H17N3O. The molecule has 2 aromatic heterocycles. The molecule has 0 saturated carbocycles. The summed E-state index contributed by atoms with van der Waals surface area (Å²) >= 11 is 0. The average molecular weight is 279 g/mol. The first-order valence-corrected chi connectivity index (χ1v) is 6.85. The van der Waals surface area contributed by atoms with Gasteiger partial charge in [-0.15, -0.1) is 5.10 Å². The van der Waals surface area contributed by atoms with Crippen LogP contribution in [0.15, 0.2) is 42.5 Å². The number of ether oxygens (including phenoxy) is 1. The minimum Gasteiger partial charge on any atom is -0.480 e. The zero-order valence-electron chi connectivity index (χ0n) is 12.3. The zero-order valence-corrected chi connectivity index (χ0v) is 12.3. The minimum atomic E-state index is 0.618. The van der Waals surface area contributed by atoms with Gasteiger partial charge in [0.2, 0.25) is 5.88 Å². The lowest BCUT2D eigenvalue weighted by molar-refractivity contribution is 0.401. The number of aromatic nitrogens is 3. The maximum Gasteiger partial charge on any atom is 0.240 e. The third-order valence-electron chi connectivity index (χ3n) is 3.49. The Bertz CT molecular complexity index is 818. The Morgan fingerprint density at radius 2 is 2.10 bits per heavy atom. The highest BCUT2D eigenvalue weighted by Crippen LogP contribution is 2.28. The second-order valence-electron chi connectivity index (χ2n) is 4.86. The van der Waals surface area contributed by atoms with E-state index in [9.17, 15) is 0 Å². The normalized spacial score (nSPS) is 11.9. The second-order valence-corrected chi connectivity index (χ2v) is 4.86. The quantitative estimate of drug-likeness (QED) is 0.794. The van der Waals surface area contributed by atoms with E-state index in [0.717, 1.165) is 33.4 Å². The number of hydrogen-bond acceptors (Lipinski definition) is 3. The molecule has 0 unspecified atom stereocenters. The van der Waals surface area contributed by atoms with E-state index in [4.69, 9.17) is 4.74 Å². The number of benzene rings is 1. The van der Waals surface area contributed by atoms with Gasteiger partial charge in [0, 0.05) is 11.3 Å². The molecule has 3 rings (SSSR count). The first-order chi connectivity index (χ1) is 10.2. The number of pyridine rings is 1. The van der Waals surface area contributed by atoms with Gasteiger partial charge < -0.3 is 4.74 Å². The van der Waals surface area contributed by atoms with Crippen molar-refractivity contribution in [3.8, 4) is 5.88 Å². The highest BCUT2D eigenvalue weighted by atomic mass is 16.5. The first kappa shape index (κ1) is 13.4. The summed E-state index contributed by atoms with van der Waals surface area (Å²) in [4.78, 5) is 4.60. The van der Waals surface area contributed by atoms with Crippen molar-refractivity contribution < 1.29 is 4.74 Å². The number of rotatable bonds is 3.